The van der Waals surface area contributed by atoms with Crippen LogP contribution in [0.5, 0.6) is 5.88 Å². The van der Waals surface area contributed by atoms with Gasteiger partial charge in [-0.3, -0.25) is 0 Å². The summed E-state index contributed by atoms with van der Waals surface area (Å²) in [4.78, 5) is 22.0. The van der Waals surface area contributed by atoms with Crippen molar-refractivity contribution in [1.29, 1.82) is 0 Å². The van der Waals surface area contributed by atoms with Crippen LogP contribution >= 0.6 is 0 Å². The number of hydrogen-bond donors (Lipinski definition) is 0. The van der Waals surface area contributed by atoms with Gasteiger partial charge in [0.05, 0.1) is 12.8 Å². The van der Waals surface area contributed by atoms with E-state index in [4.69, 9.17) is 9.72 Å². The molecule has 5 aromatic rings. The van der Waals surface area contributed by atoms with Gasteiger partial charge in [-0.25, -0.2) is 24.9 Å². The molecule has 1 aliphatic rings. The lowest BCUT2D eigenvalue weighted by atomic mass is 10.1. The lowest BCUT2D eigenvalue weighted by Gasteiger charge is -2.11. The Kier molecular flexibility index (Phi) is 5.43. The maximum absolute atomic E-state index is 13.0. The SMILES string of the molecule is COc1ncnc(C2CC2)c1-c1ncc2ccn(Cc3ccc(-c4nc(C(F)(F)F)cn4C)cc3)c2n1. The van der Waals surface area contributed by atoms with Gasteiger partial charge in [-0.1, -0.05) is 24.3 Å². The van der Waals surface area contributed by atoms with Crippen LogP contribution in [0.4, 0.5) is 13.2 Å². The maximum Gasteiger partial charge on any atom is 0.434 e. The second-order valence-electron chi connectivity index (χ2n) is 9.09. The Labute approximate surface area is 209 Å². The smallest absolute Gasteiger partial charge is 0.434 e. The number of aryl methyl sites for hydroxylation is 1. The first-order valence-corrected chi connectivity index (χ1v) is 11.7. The highest BCUT2D eigenvalue weighted by Gasteiger charge is 2.34. The molecule has 0 spiro atoms. The highest BCUT2D eigenvalue weighted by atomic mass is 19.4. The minimum absolute atomic E-state index is 0.258. The van der Waals surface area contributed by atoms with Gasteiger partial charge >= 0.3 is 6.18 Å². The molecule has 0 aliphatic heterocycles. The molecule has 4 aromatic heterocycles. The second-order valence-corrected chi connectivity index (χ2v) is 9.09. The van der Waals surface area contributed by atoms with Crippen LogP contribution in [0, 0.1) is 0 Å². The van der Waals surface area contributed by atoms with Crippen LogP contribution in [-0.2, 0) is 19.8 Å². The molecule has 37 heavy (non-hydrogen) atoms. The van der Waals surface area contributed by atoms with Crippen LogP contribution in [-0.4, -0.2) is 41.2 Å². The first-order chi connectivity index (χ1) is 17.8. The molecule has 6 rings (SSSR count). The first kappa shape index (κ1) is 23.1. The van der Waals surface area contributed by atoms with Gasteiger partial charge in [0.25, 0.3) is 0 Å². The molecule has 11 heteroatoms. The summed E-state index contributed by atoms with van der Waals surface area (Å²) in [6.07, 6.45) is 3.87. The van der Waals surface area contributed by atoms with Gasteiger partial charge in [0.15, 0.2) is 11.5 Å². The van der Waals surface area contributed by atoms with Gasteiger partial charge in [0.1, 0.15) is 23.4 Å². The monoisotopic (exact) mass is 505 g/mol. The van der Waals surface area contributed by atoms with Gasteiger partial charge < -0.3 is 13.9 Å². The number of methoxy groups -OCH3 is 1. The fourth-order valence-electron chi connectivity index (χ4n) is 4.46. The molecule has 0 saturated heterocycles. The number of rotatable bonds is 6. The van der Waals surface area contributed by atoms with Crippen molar-refractivity contribution >= 4 is 11.0 Å². The molecule has 0 amide bonds. The summed E-state index contributed by atoms with van der Waals surface area (Å²) >= 11 is 0. The average Bonchev–Trinajstić information content (AvgIpc) is 3.55. The molecule has 1 aliphatic carbocycles. The van der Waals surface area contributed by atoms with E-state index in [1.807, 2.05) is 29.0 Å². The number of halogens is 3. The predicted molar refractivity (Wildman–Crippen MR) is 130 cm³/mol. The van der Waals surface area contributed by atoms with Crippen molar-refractivity contribution in [3.8, 4) is 28.7 Å². The zero-order valence-corrected chi connectivity index (χ0v) is 20.1. The van der Waals surface area contributed by atoms with Crippen LogP contribution in [0.25, 0.3) is 33.8 Å². The van der Waals surface area contributed by atoms with Crippen LogP contribution in [0.2, 0.25) is 0 Å². The number of fused-ring (bicyclic) bond motifs is 1. The Hall–Kier alpha value is -4.28. The summed E-state index contributed by atoms with van der Waals surface area (Å²) in [5, 5.41) is 0.886. The number of aromatic nitrogens is 7. The number of benzene rings is 1. The Morgan fingerprint density at radius 1 is 1.03 bits per heavy atom. The molecule has 0 atom stereocenters. The highest BCUT2D eigenvalue weighted by Crippen LogP contribution is 2.44. The summed E-state index contributed by atoms with van der Waals surface area (Å²) in [6, 6.07) is 9.26. The van der Waals surface area contributed by atoms with Gasteiger partial charge in [-0.05, 0) is 24.5 Å². The Morgan fingerprint density at radius 2 is 1.81 bits per heavy atom. The molecule has 0 N–H and O–H groups in total. The Balaban J connectivity index is 1.31. The molecule has 188 valence electrons. The standard InChI is InChI=1S/C26H22F3N7O/c1-35-13-19(26(27,28)29)33-23(35)17-5-3-15(4-6-17)12-36-10-9-18-11-30-22(34-24(18)36)20-21(16-7-8-16)31-14-32-25(20)37-2/h3-6,9-11,13-14,16H,7-8,12H2,1-2H3. The van der Waals surface area contributed by atoms with Crippen LogP contribution in [0.1, 0.15) is 35.7 Å². The van der Waals surface area contributed by atoms with Gasteiger partial charge in [-0.15, -0.1) is 0 Å². The maximum atomic E-state index is 13.0. The summed E-state index contributed by atoms with van der Waals surface area (Å²) in [5.74, 6) is 1.58. The number of ether oxygens (including phenoxy) is 1. The lowest BCUT2D eigenvalue weighted by molar-refractivity contribution is -0.140. The Bertz CT molecular complexity index is 1600. The molecular weight excluding hydrogens is 483 g/mol. The molecular formula is C26H22F3N7O. The van der Waals surface area contributed by atoms with E-state index in [9.17, 15) is 13.2 Å². The second kappa shape index (κ2) is 8.68. The van der Waals surface area contributed by atoms with Crippen LogP contribution in [0.3, 0.4) is 0 Å². The minimum Gasteiger partial charge on any atom is -0.480 e. The number of alkyl halides is 3. The highest BCUT2D eigenvalue weighted by molar-refractivity contribution is 5.79. The number of imidazole rings is 1. The summed E-state index contributed by atoms with van der Waals surface area (Å²) < 4.78 is 48.0. The van der Waals surface area contributed by atoms with Crippen molar-refractivity contribution in [2.24, 2.45) is 7.05 Å². The van der Waals surface area contributed by atoms with E-state index < -0.39 is 11.9 Å². The minimum atomic E-state index is -4.48. The summed E-state index contributed by atoms with van der Waals surface area (Å²) in [6.45, 7) is 0.520. The Morgan fingerprint density at radius 3 is 2.49 bits per heavy atom. The van der Waals surface area contributed by atoms with Crippen molar-refractivity contribution in [2.45, 2.75) is 31.5 Å². The molecule has 1 fully saturated rings. The normalized spacial score (nSPS) is 13.9. The van der Waals surface area contributed by atoms with E-state index in [0.29, 0.717) is 29.7 Å². The molecule has 1 saturated carbocycles. The average molecular weight is 506 g/mol. The number of hydrogen-bond acceptors (Lipinski definition) is 6. The van der Waals surface area contributed by atoms with Gasteiger partial charge in [-0.2, -0.15) is 13.2 Å². The van der Waals surface area contributed by atoms with Crippen molar-refractivity contribution in [2.75, 3.05) is 7.11 Å². The van der Waals surface area contributed by atoms with Gasteiger partial charge in [0, 0.05) is 49.1 Å². The quantitative estimate of drug-likeness (QED) is 0.314. The van der Waals surface area contributed by atoms with Crippen LogP contribution < -0.4 is 4.74 Å². The zero-order valence-electron chi connectivity index (χ0n) is 20.1. The van der Waals surface area contributed by atoms with Crippen molar-refractivity contribution in [3.63, 3.8) is 0 Å². The van der Waals surface area contributed by atoms with Crippen molar-refractivity contribution < 1.29 is 17.9 Å². The van der Waals surface area contributed by atoms with E-state index >= 15 is 0 Å². The fraction of sp³-hybridized carbons (Fsp3) is 0.269. The third kappa shape index (κ3) is 4.30. The van der Waals surface area contributed by atoms with Crippen molar-refractivity contribution in [1.82, 2.24) is 34.1 Å². The lowest BCUT2D eigenvalue weighted by Crippen LogP contribution is -2.05. The molecule has 0 radical (unpaired) electrons. The van der Waals surface area contributed by atoms with Crippen molar-refractivity contribution in [3.05, 3.63) is 72.2 Å². The van der Waals surface area contributed by atoms with E-state index in [1.165, 1.54) is 10.9 Å². The first-order valence-electron chi connectivity index (χ1n) is 11.7. The van der Waals surface area contributed by atoms with Crippen LogP contribution in [0.15, 0.2) is 55.2 Å². The summed E-state index contributed by atoms with van der Waals surface area (Å²) in [5.41, 5.74) is 3.04. The fourth-order valence-corrected chi connectivity index (χ4v) is 4.46. The third-order valence-corrected chi connectivity index (χ3v) is 6.46. The predicted octanol–water partition coefficient (Wildman–Crippen LogP) is 5.24. The van der Waals surface area contributed by atoms with Gasteiger partial charge in [0.2, 0.25) is 5.88 Å². The van der Waals surface area contributed by atoms with E-state index in [1.54, 1.807) is 32.5 Å². The summed E-state index contributed by atoms with van der Waals surface area (Å²) in [7, 11) is 3.12. The molecule has 4 heterocycles. The zero-order chi connectivity index (χ0) is 25.7. The number of nitrogens with zero attached hydrogens (tertiary/aromatic N) is 7. The topological polar surface area (TPSA) is 83.5 Å². The van der Waals surface area contributed by atoms with E-state index in [2.05, 4.69) is 19.9 Å². The largest absolute Gasteiger partial charge is 0.480 e. The van der Waals surface area contributed by atoms with E-state index in [-0.39, 0.29) is 5.82 Å². The molecule has 8 nitrogen and oxygen atoms in total. The molecule has 0 bridgehead atoms. The third-order valence-electron chi connectivity index (χ3n) is 6.46. The van der Waals surface area contributed by atoms with E-state index in [0.717, 1.165) is 46.9 Å². The molecule has 0 unspecified atom stereocenters. The molecule has 1 aromatic carbocycles.